The van der Waals surface area contributed by atoms with E-state index in [1.165, 1.54) is 0 Å². The van der Waals surface area contributed by atoms with Gasteiger partial charge in [0.25, 0.3) is 0 Å². The Morgan fingerprint density at radius 3 is 2.25 bits per heavy atom. The molecule has 0 unspecified atom stereocenters. The number of Topliss-reactive ketones (excluding diaryl/α,β-unsaturated/α-hetero) is 1. The van der Waals surface area contributed by atoms with E-state index in [2.05, 4.69) is 6.58 Å². The number of allylic oxidation sites excluding steroid dienone is 4. The van der Waals surface area contributed by atoms with Crippen LogP contribution in [0.25, 0.3) is 0 Å². The highest BCUT2D eigenvalue weighted by molar-refractivity contribution is 5.93. The van der Waals surface area contributed by atoms with E-state index in [-0.39, 0.29) is 11.5 Å². The Kier molecular flexibility index (Phi) is 2.48. The predicted octanol–water partition coefficient (Wildman–Crippen LogP) is 2.29. The number of hydrogen-bond acceptors (Lipinski definition) is 2. The van der Waals surface area contributed by atoms with Gasteiger partial charge in [0.15, 0.2) is 5.78 Å². The summed E-state index contributed by atoms with van der Waals surface area (Å²) in [5.41, 5.74) is 1.64. The maximum absolute atomic E-state index is 10.9. The van der Waals surface area contributed by atoms with E-state index >= 15 is 0 Å². The number of hydrogen-bond donors (Lipinski definition) is 1. The van der Waals surface area contributed by atoms with Gasteiger partial charge < -0.3 is 5.11 Å². The lowest BCUT2D eigenvalue weighted by atomic mass is 9.95. The van der Waals surface area contributed by atoms with E-state index < -0.39 is 0 Å². The molecule has 0 aromatic carbocycles. The van der Waals surface area contributed by atoms with Gasteiger partial charge in [-0.05, 0) is 30.9 Å². The Bertz CT molecular complexity index is 252. The zero-order valence-electron chi connectivity index (χ0n) is 7.13. The second kappa shape index (κ2) is 3.39. The van der Waals surface area contributed by atoms with E-state index in [0.717, 1.165) is 11.1 Å². The van der Waals surface area contributed by atoms with Crippen molar-refractivity contribution in [2.75, 3.05) is 0 Å². The lowest BCUT2D eigenvalue weighted by Gasteiger charge is -2.10. The fourth-order valence-corrected chi connectivity index (χ4v) is 1.17. The second-order valence-corrected chi connectivity index (χ2v) is 2.89. The summed E-state index contributed by atoms with van der Waals surface area (Å²) < 4.78 is 0. The first kappa shape index (κ1) is 8.78. The number of aliphatic hydroxyl groups excluding tert-OH is 1. The van der Waals surface area contributed by atoms with Gasteiger partial charge in [0.05, 0.1) is 0 Å². The van der Waals surface area contributed by atoms with Gasteiger partial charge in [-0.2, -0.15) is 0 Å². The highest BCUT2D eigenvalue weighted by atomic mass is 16.3. The van der Waals surface area contributed by atoms with Crippen LogP contribution in [0.2, 0.25) is 0 Å². The van der Waals surface area contributed by atoms with Crippen molar-refractivity contribution in [2.24, 2.45) is 0 Å². The molecule has 0 amide bonds. The minimum atomic E-state index is 0.105. The van der Waals surface area contributed by atoms with Gasteiger partial charge in [-0.1, -0.05) is 18.7 Å². The number of rotatable bonds is 2. The molecule has 0 aromatic heterocycles. The molecule has 0 saturated carbocycles. The minimum absolute atomic E-state index is 0.105. The predicted molar refractivity (Wildman–Crippen MR) is 47.8 cm³/mol. The quantitative estimate of drug-likeness (QED) is 0.636. The normalized spacial score (nSPS) is 16.4. The van der Waals surface area contributed by atoms with Crippen LogP contribution in [0.3, 0.4) is 0 Å². The Balaban J connectivity index is 2.80. The molecule has 0 heterocycles. The maximum Gasteiger partial charge on any atom is 0.155 e. The molecule has 0 atom stereocenters. The molecule has 0 saturated heterocycles. The maximum atomic E-state index is 10.9. The molecule has 1 N–H and O–H groups in total. The zero-order valence-corrected chi connectivity index (χ0v) is 7.13. The standard InChI is InChI=1S/C10H12O2/c1-7(11)9-3-5-10(6-4-9)8(2)12/h3,5,11H,1,4,6H2,2H3. The second-order valence-electron chi connectivity index (χ2n) is 2.89. The molecule has 64 valence electrons. The fraction of sp³-hybridized carbons (Fsp3) is 0.300. The third-order valence-corrected chi connectivity index (χ3v) is 1.97. The molecule has 0 aliphatic heterocycles. The molecule has 0 radical (unpaired) electrons. The van der Waals surface area contributed by atoms with Gasteiger partial charge in [0.2, 0.25) is 0 Å². The van der Waals surface area contributed by atoms with Crippen molar-refractivity contribution in [1.29, 1.82) is 0 Å². The summed E-state index contributed by atoms with van der Waals surface area (Å²) >= 11 is 0. The monoisotopic (exact) mass is 164 g/mol. The summed E-state index contributed by atoms with van der Waals surface area (Å²) in [6.45, 7) is 4.98. The summed E-state index contributed by atoms with van der Waals surface area (Å²) in [5.74, 6) is 0.211. The van der Waals surface area contributed by atoms with E-state index in [1.807, 2.05) is 0 Å². The van der Waals surface area contributed by atoms with Crippen LogP contribution in [0.1, 0.15) is 19.8 Å². The third-order valence-electron chi connectivity index (χ3n) is 1.97. The molecule has 2 nitrogen and oxygen atoms in total. The largest absolute Gasteiger partial charge is 0.508 e. The van der Waals surface area contributed by atoms with Crippen LogP contribution < -0.4 is 0 Å². The van der Waals surface area contributed by atoms with E-state index in [9.17, 15) is 4.79 Å². The smallest absolute Gasteiger partial charge is 0.155 e. The number of ketones is 1. The van der Waals surface area contributed by atoms with Crippen molar-refractivity contribution < 1.29 is 9.90 Å². The van der Waals surface area contributed by atoms with Crippen molar-refractivity contribution in [3.05, 3.63) is 35.6 Å². The van der Waals surface area contributed by atoms with Crippen molar-refractivity contribution >= 4 is 5.78 Å². The summed E-state index contributed by atoms with van der Waals surface area (Å²) in [4.78, 5) is 10.9. The first-order valence-electron chi connectivity index (χ1n) is 3.90. The molecule has 1 rings (SSSR count). The molecule has 12 heavy (non-hydrogen) atoms. The average Bonchev–Trinajstić information content (AvgIpc) is 2.04. The van der Waals surface area contributed by atoms with Crippen molar-refractivity contribution in [3.8, 4) is 0 Å². The fourth-order valence-electron chi connectivity index (χ4n) is 1.17. The van der Waals surface area contributed by atoms with Crippen LogP contribution in [0.5, 0.6) is 0 Å². The Morgan fingerprint density at radius 1 is 1.42 bits per heavy atom. The van der Waals surface area contributed by atoms with E-state index in [0.29, 0.717) is 12.8 Å². The van der Waals surface area contributed by atoms with E-state index in [4.69, 9.17) is 5.11 Å². The van der Waals surface area contributed by atoms with Gasteiger partial charge >= 0.3 is 0 Å². The lowest BCUT2D eigenvalue weighted by molar-refractivity contribution is -0.113. The van der Waals surface area contributed by atoms with Gasteiger partial charge in [-0.25, -0.2) is 0 Å². The lowest BCUT2D eigenvalue weighted by Crippen LogP contribution is -2.02. The summed E-state index contributed by atoms with van der Waals surface area (Å²) in [6, 6.07) is 0. The summed E-state index contributed by atoms with van der Waals surface area (Å²) in [5, 5.41) is 9.03. The molecular formula is C10H12O2. The van der Waals surface area contributed by atoms with Crippen LogP contribution >= 0.6 is 0 Å². The zero-order chi connectivity index (χ0) is 9.14. The number of carbonyl (C=O) groups excluding carboxylic acids is 1. The molecular weight excluding hydrogens is 152 g/mol. The Labute approximate surface area is 71.9 Å². The SMILES string of the molecule is C=C(O)C1=CC=C(C(C)=O)CC1. The van der Waals surface area contributed by atoms with Crippen LogP contribution in [-0.2, 0) is 4.79 Å². The van der Waals surface area contributed by atoms with Crippen LogP contribution in [-0.4, -0.2) is 10.9 Å². The van der Waals surface area contributed by atoms with Gasteiger partial charge in [-0.3, -0.25) is 4.79 Å². The van der Waals surface area contributed by atoms with E-state index in [1.54, 1.807) is 19.1 Å². The molecule has 1 aliphatic carbocycles. The molecule has 1 aliphatic rings. The number of aliphatic hydroxyl groups is 1. The summed E-state index contributed by atoms with van der Waals surface area (Å²) in [7, 11) is 0. The molecule has 0 aromatic rings. The van der Waals surface area contributed by atoms with Crippen LogP contribution in [0, 0.1) is 0 Å². The van der Waals surface area contributed by atoms with Crippen molar-refractivity contribution in [1.82, 2.24) is 0 Å². The summed E-state index contributed by atoms with van der Waals surface area (Å²) in [6.07, 6.45) is 4.92. The minimum Gasteiger partial charge on any atom is -0.508 e. The Morgan fingerprint density at radius 2 is 1.92 bits per heavy atom. The third kappa shape index (κ3) is 1.84. The average molecular weight is 164 g/mol. The number of carbonyl (C=O) groups is 1. The van der Waals surface area contributed by atoms with Crippen LogP contribution in [0.4, 0.5) is 0 Å². The first-order chi connectivity index (χ1) is 5.61. The van der Waals surface area contributed by atoms with Crippen molar-refractivity contribution in [2.45, 2.75) is 19.8 Å². The topological polar surface area (TPSA) is 37.3 Å². The highest BCUT2D eigenvalue weighted by Crippen LogP contribution is 2.22. The highest BCUT2D eigenvalue weighted by Gasteiger charge is 2.10. The first-order valence-corrected chi connectivity index (χ1v) is 3.90. The molecule has 0 fully saturated rings. The van der Waals surface area contributed by atoms with Crippen molar-refractivity contribution in [3.63, 3.8) is 0 Å². The van der Waals surface area contributed by atoms with Gasteiger partial charge in [-0.15, -0.1) is 0 Å². The molecule has 0 spiro atoms. The molecule has 0 bridgehead atoms. The van der Waals surface area contributed by atoms with Gasteiger partial charge in [0.1, 0.15) is 5.76 Å². The molecule has 2 heteroatoms. The Hall–Kier alpha value is -1.31. The van der Waals surface area contributed by atoms with Crippen LogP contribution in [0.15, 0.2) is 35.6 Å². The van der Waals surface area contributed by atoms with Gasteiger partial charge in [0, 0.05) is 0 Å².